The molecule has 35 heavy (non-hydrogen) atoms. The van der Waals surface area contributed by atoms with Crippen LogP contribution < -0.4 is 5.32 Å². The summed E-state index contributed by atoms with van der Waals surface area (Å²) in [5.41, 5.74) is 1.99. The smallest absolute Gasteiger partial charge is 0.266 e. The second-order valence-electron chi connectivity index (χ2n) is 9.17. The lowest BCUT2D eigenvalue weighted by atomic mass is 9.99. The zero-order valence-corrected chi connectivity index (χ0v) is 19.6. The minimum absolute atomic E-state index is 0.131. The molecular formula is C26H26F3N5O. The van der Waals surface area contributed by atoms with Crippen molar-refractivity contribution in [3.05, 3.63) is 64.9 Å². The molecule has 2 aliphatic rings. The third kappa shape index (κ3) is 4.72. The minimum atomic E-state index is -2.89. The van der Waals surface area contributed by atoms with E-state index >= 15 is 0 Å². The van der Waals surface area contributed by atoms with Gasteiger partial charge < -0.3 is 10.2 Å². The highest BCUT2D eigenvalue weighted by atomic mass is 19.3. The number of hydrogen-bond donors (Lipinski definition) is 1. The Labute approximate surface area is 201 Å². The summed E-state index contributed by atoms with van der Waals surface area (Å²) in [6, 6.07) is 5.32. The highest BCUT2D eigenvalue weighted by molar-refractivity contribution is 5.89. The average Bonchev–Trinajstić information content (AvgIpc) is 3.69. The van der Waals surface area contributed by atoms with Crippen molar-refractivity contribution in [2.75, 3.05) is 18.4 Å². The van der Waals surface area contributed by atoms with Gasteiger partial charge in [-0.2, -0.15) is 0 Å². The number of aryl methyl sites for hydroxylation is 1. The molecule has 0 radical (unpaired) electrons. The van der Waals surface area contributed by atoms with Gasteiger partial charge in [-0.15, -0.1) is 0 Å². The number of pyridine rings is 1. The number of aromatic nitrogens is 3. The summed E-state index contributed by atoms with van der Waals surface area (Å²) in [7, 11) is 0. The molecule has 0 unspecified atom stereocenters. The van der Waals surface area contributed by atoms with Crippen molar-refractivity contribution in [3.63, 3.8) is 0 Å². The summed E-state index contributed by atoms with van der Waals surface area (Å²) in [6.45, 7) is 4.68. The quantitative estimate of drug-likeness (QED) is 0.496. The van der Waals surface area contributed by atoms with Gasteiger partial charge in [0.05, 0.1) is 17.0 Å². The number of nitrogens with one attached hydrogen (secondary N) is 1. The molecule has 182 valence electrons. The van der Waals surface area contributed by atoms with Crippen molar-refractivity contribution in [3.8, 4) is 0 Å². The first-order valence-corrected chi connectivity index (χ1v) is 11.8. The van der Waals surface area contributed by atoms with Crippen molar-refractivity contribution >= 4 is 28.3 Å². The Bertz CT molecular complexity index is 1320. The maximum absolute atomic E-state index is 14.7. The maximum atomic E-state index is 14.7. The van der Waals surface area contributed by atoms with E-state index in [1.165, 1.54) is 12.1 Å². The zero-order valence-electron chi connectivity index (χ0n) is 19.6. The maximum Gasteiger partial charge on any atom is 0.266 e. The lowest BCUT2D eigenvalue weighted by molar-refractivity contribution is -0.132. The van der Waals surface area contributed by atoms with Gasteiger partial charge in [0.25, 0.3) is 6.43 Å². The molecule has 1 N–H and O–H groups in total. The fourth-order valence-corrected chi connectivity index (χ4v) is 4.48. The predicted octanol–water partition coefficient (Wildman–Crippen LogP) is 5.61. The van der Waals surface area contributed by atoms with E-state index in [0.717, 1.165) is 36.5 Å². The highest BCUT2D eigenvalue weighted by Crippen LogP contribution is 2.34. The van der Waals surface area contributed by atoms with Gasteiger partial charge in [0, 0.05) is 30.8 Å². The van der Waals surface area contributed by atoms with Crippen LogP contribution in [0, 0.1) is 18.7 Å². The molecule has 1 aliphatic carbocycles. The van der Waals surface area contributed by atoms with Crippen LogP contribution in [0.15, 0.2) is 36.5 Å². The summed E-state index contributed by atoms with van der Waals surface area (Å²) < 4.78 is 41.1. The third-order valence-corrected chi connectivity index (χ3v) is 6.59. The Morgan fingerprint density at radius 3 is 2.66 bits per heavy atom. The van der Waals surface area contributed by atoms with Crippen LogP contribution >= 0.6 is 0 Å². The molecule has 0 spiro atoms. The van der Waals surface area contributed by atoms with E-state index in [0.29, 0.717) is 35.8 Å². The lowest BCUT2D eigenvalue weighted by Gasteiger charge is -2.26. The molecule has 1 fully saturated rings. The van der Waals surface area contributed by atoms with Crippen LogP contribution in [-0.4, -0.2) is 38.8 Å². The van der Waals surface area contributed by atoms with Gasteiger partial charge in [0.15, 0.2) is 5.65 Å². The fourth-order valence-electron chi connectivity index (χ4n) is 4.48. The highest BCUT2D eigenvalue weighted by Gasteiger charge is 2.33. The van der Waals surface area contributed by atoms with Crippen molar-refractivity contribution in [1.82, 2.24) is 19.9 Å². The van der Waals surface area contributed by atoms with Crippen LogP contribution in [0.2, 0.25) is 0 Å². The number of fused-ring (bicyclic) bond motifs is 1. The number of nitrogens with zero attached hydrogens (tertiary/aromatic N) is 4. The SMILES string of the molecule is Cc1nc(N[C@H](C)c2cccc(C(F)F)c2F)c2cc(C3=CCN(C(=O)C4CC4)CC3)cnc2n1. The van der Waals surface area contributed by atoms with Crippen molar-refractivity contribution in [2.45, 2.75) is 45.6 Å². The Balaban J connectivity index is 1.44. The largest absolute Gasteiger partial charge is 0.363 e. The molecule has 3 heterocycles. The average molecular weight is 482 g/mol. The summed E-state index contributed by atoms with van der Waals surface area (Å²) in [5, 5.41) is 3.83. The van der Waals surface area contributed by atoms with Crippen LogP contribution in [0.1, 0.15) is 61.2 Å². The van der Waals surface area contributed by atoms with Gasteiger partial charge in [-0.05, 0) is 50.3 Å². The molecule has 0 bridgehead atoms. The number of anilines is 1. The lowest BCUT2D eigenvalue weighted by Crippen LogP contribution is -2.35. The monoisotopic (exact) mass is 481 g/mol. The predicted molar refractivity (Wildman–Crippen MR) is 127 cm³/mol. The van der Waals surface area contributed by atoms with Gasteiger partial charge in [-0.3, -0.25) is 4.79 Å². The minimum Gasteiger partial charge on any atom is -0.363 e. The molecule has 9 heteroatoms. The van der Waals surface area contributed by atoms with E-state index < -0.39 is 23.8 Å². The second kappa shape index (κ2) is 9.28. The summed E-state index contributed by atoms with van der Waals surface area (Å²) in [5.74, 6) is 0.464. The molecule has 1 aliphatic heterocycles. The molecule has 1 amide bonds. The normalized spacial score (nSPS) is 17.0. The van der Waals surface area contributed by atoms with Gasteiger partial charge >= 0.3 is 0 Å². The van der Waals surface area contributed by atoms with Crippen molar-refractivity contribution < 1.29 is 18.0 Å². The summed E-state index contributed by atoms with van der Waals surface area (Å²) in [4.78, 5) is 27.7. The fraction of sp³-hybridized carbons (Fsp3) is 0.385. The number of amides is 1. The third-order valence-electron chi connectivity index (χ3n) is 6.59. The van der Waals surface area contributed by atoms with E-state index in [-0.39, 0.29) is 17.4 Å². The summed E-state index contributed by atoms with van der Waals surface area (Å²) >= 11 is 0. The van der Waals surface area contributed by atoms with Gasteiger partial charge in [0.2, 0.25) is 5.91 Å². The number of hydrogen-bond acceptors (Lipinski definition) is 5. The van der Waals surface area contributed by atoms with Gasteiger partial charge in [-0.1, -0.05) is 24.3 Å². The molecule has 2 aromatic heterocycles. The first kappa shape index (κ1) is 23.3. The summed E-state index contributed by atoms with van der Waals surface area (Å²) in [6.07, 6.45) is 3.63. The molecular weight excluding hydrogens is 455 g/mol. The Morgan fingerprint density at radius 2 is 1.97 bits per heavy atom. The Morgan fingerprint density at radius 1 is 1.20 bits per heavy atom. The molecule has 1 aromatic carbocycles. The Hall–Kier alpha value is -3.49. The van der Waals surface area contributed by atoms with Crippen LogP contribution in [0.25, 0.3) is 16.6 Å². The van der Waals surface area contributed by atoms with E-state index in [2.05, 4.69) is 26.3 Å². The van der Waals surface area contributed by atoms with Crippen molar-refractivity contribution in [2.24, 2.45) is 5.92 Å². The van der Waals surface area contributed by atoms with Gasteiger partial charge in [-0.25, -0.2) is 28.1 Å². The number of alkyl halides is 2. The zero-order chi connectivity index (χ0) is 24.7. The molecule has 3 aromatic rings. The number of benzene rings is 1. The number of rotatable bonds is 6. The van der Waals surface area contributed by atoms with Crippen LogP contribution in [0.4, 0.5) is 19.0 Å². The molecule has 5 rings (SSSR count). The Kier molecular flexibility index (Phi) is 6.17. The van der Waals surface area contributed by atoms with Gasteiger partial charge in [0.1, 0.15) is 17.5 Å². The molecule has 6 nitrogen and oxygen atoms in total. The molecule has 0 saturated heterocycles. The molecule has 1 saturated carbocycles. The topological polar surface area (TPSA) is 71.0 Å². The van der Waals surface area contributed by atoms with E-state index in [1.807, 2.05) is 11.0 Å². The van der Waals surface area contributed by atoms with Crippen molar-refractivity contribution in [1.29, 1.82) is 0 Å². The van der Waals surface area contributed by atoms with E-state index in [4.69, 9.17) is 0 Å². The number of carbonyl (C=O) groups excluding carboxylic acids is 1. The van der Waals surface area contributed by atoms with Crippen LogP contribution in [-0.2, 0) is 4.79 Å². The first-order chi connectivity index (χ1) is 16.8. The molecule has 1 atom stereocenters. The van der Waals surface area contributed by atoms with E-state index in [1.54, 1.807) is 20.0 Å². The standard InChI is InChI=1S/C26H26F3N5O/c1-14(19-4-3-5-20(22(19)27)23(28)29)31-25-21-12-18(13-30-24(21)32-15(2)33-25)16-8-10-34(11-9-16)26(35)17-6-7-17/h3-5,8,12-14,17,23H,6-7,9-11H2,1-2H3,(H,30,31,32,33)/t14-/m1/s1. The first-order valence-electron chi connectivity index (χ1n) is 11.8. The van der Waals surface area contributed by atoms with Crippen LogP contribution in [0.3, 0.4) is 0 Å². The van der Waals surface area contributed by atoms with Crippen LogP contribution in [0.5, 0.6) is 0 Å². The second-order valence-corrected chi connectivity index (χ2v) is 9.17. The van der Waals surface area contributed by atoms with E-state index in [9.17, 15) is 18.0 Å². The number of halogens is 3. The number of carbonyl (C=O) groups is 1.